The van der Waals surface area contributed by atoms with Crippen molar-refractivity contribution in [3.63, 3.8) is 0 Å². The van der Waals surface area contributed by atoms with E-state index in [1.54, 1.807) is 0 Å². The van der Waals surface area contributed by atoms with Crippen LogP contribution in [0, 0.1) is 0 Å². The van der Waals surface area contributed by atoms with Crippen LogP contribution in [0.25, 0.3) is 0 Å². The highest BCUT2D eigenvalue weighted by atomic mass is 32.2. The smallest absolute Gasteiger partial charge is 0.326 e. The SMILES string of the molecule is NCc1ccc(NS(=O)(=O)C(F)F)cc1C(F)(F)F. The van der Waals surface area contributed by atoms with Crippen molar-refractivity contribution in [2.75, 3.05) is 4.72 Å². The van der Waals surface area contributed by atoms with E-state index in [1.165, 1.54) is 4.72 Å². The van der Waals surface area contributed by atoms with Crippen molar-refractivity contribution < 1.29 is 30.4 Å². The van der Waals surface area contributed by atoms with Crippen molar-refractivity contribution in [2.24, 2.45) is 5.73 Å². The van der Waals surface area contributed by atoms with E-state index in [-0.39, 0.29) is 5.56 Å². The molecule has 0 fully saturated rings. The van der Waals surface area contributed by atoms with Gasteiger partial charge in [-0.15, -0.1) is 0 Å². The summed E-state index contributed by atoms with van der Waals surface area (Å²) < 4.78 is 85.1. The number of benzene rings is 1. The van der Waals surface area contributed by atoms with E-state index in [2.05, 4.69) is 0 Å². The Morgan fingerprint density at radius 1 is 1.26 bits per heavy atom. The fourth-order valence-electron chi connectivity index (χ4n) is 1.29. The molecule has 0 unspecified atom stereocenters. The molecule has 0 aliphatic carbocycles. The standard InChI is InChI=1S/C9H9F5N2O2S/c10-8(11)19(17,18)16-6-2-1-5(4-15)7(3-6)9(12,13)14/h1-3,8,16H,4,15H2. The molecule has 1 aromatic rings. The Morgan fingerprint density at radius 3 is 2.26 bits per heavy atom. The van der Waals surface area contributed by atoms with Crippen molar-refractivity contribution in [1.29, 1.82) is 0 Å². The number of sulfonamides is 1. The third-order valence-electron chi connectivity index (χ3n) is 2.13. The van der Waals surface area contributed by atoms with E-state index in [4.69, 9.17) is 5.73 Å². The van der Waals surface area contributed by atoms with Gasteiger partial charge in [0.1, 0.15) is 0 Å². The highest BCUT2D eigenvalue weighted by molar-refractivity contribution is 7.93. The van der Waals surface area contributed by atoms with E-state index in [0.29, 0.717) is 6.07 Å². The summed E-state index contributed by atoms with van der Waals surface area (Å²) in [5.74, 6) is -3.74. The van der Waals surface area contributed by atoms with Gasteiger partial charge < -0.3 is 5.73 Å². The van der Waals surface area contributed by atoms with Gasteiger partial charge in [0, 0.05) is 12.2 Å². The second kappa shape index (κ2) is 5.29. The average molecular weight is 304 g/mol. The Bertz CT molecular complexity index is 556. The van der Waals surface area contributed by atoms with Crippen LogP contribution in [0.3, 0.4) is 0 Å². The van der Waals surface area contributed by atoms with Crippen molar-refractivity contribution in [2.45, 2.75) is 18.5 Å². The molecule has 1 rings (SSSR count). The second-order valence-electron chi connectivity index (χ2n) is 3.48. The molecule has 0 spiro atoms. The van der Waals surface area contributed by atoms with Gasteiger partial charge in [-0.1, -0.05) is 6.07 Å². The summed E-state index contributed by atoms with van der Waals surface area (Å²) in [6.07, 6.45) is -4.76. The topological polar surface area (TPSA) is 72.2 Å². The number of halogens is 5. The minimum Gasteiger partial charge on any atom is -0.326 e. The maximum Gasteiger partial charge on any atom is 0.416 e. The molecule has 0 saturated carbocycles. The van der Waals surface area contributed by atoms with Crippen LogP contribution in [0.5, 0.6) is 0 Å². The highest BCUT2D eigenvalue weighted by Gasteiger charge is 2.34. The van der Waals surface area contributed by atoms with Crippen LogP contribution < -0.4 is 10.5 Å². The van der Waals surface area contributed by atoms with Crippen molar-refractivity contribution in [3.8, 4) is 0 Å². The maximum atomic E-state index is 12.6. The predicted molar refractivity (Wildman–Crippen MR) is 57.9 cm³/mol. The summed E-state index contributed by atoms with van der Waals surface area (Å²) >= 11 is 0. The number of nitrogens with one attached hydrogen (secondary N) is 1. The van der Waals surface area contributed by atoms with Gasteiger partial charge in [-0.25, -0.2) is 8.42 Å². The van der Waals surface area contributed by atoms with Gasteiger partial charge in [-0.2, -0.15) is 22.0 Å². The Morgan fingerprint density at radius 2 is 1.84 bits per heavy atom. The molecule has 10 heteroatoms. The molecule has 108 valence electrons. The van der Waals surface area contributed by atoms with E-state index in [0.717, 1.165) is 12.1 Å². The molecule has 0 aromatic heterocycles. The summed E-state index contributed by atoms with van der Waals surface area (Å²) in [5, 5.41) is 0. The van der Waals surface area contributed by atoms with Gasteiger partial charge in [-0.3, -0.25) is 4.72 Å². The molecule has 0 heterocycles. The fourth-order valence-corrected chi connectivity index (χ4v) is 1.84. The summed E-state index contributed by atoms with van der Waals surface area (Å²) in [7, 11) is -5.02. The Hall–Kier alpha value is -1.42. The quantitative estimate of drug-likeness (QED) is 0.837. The van der Waals surface area contributed by atoms with Crippen LogP contribution in [0.1, 0.15) is 11.1 Å². The minimum atomic E-state index is -5.02. The summed E-state index contributed by atoms with van der Waals surface area (Å²) in [4.78, 5) is 0. The summed E-state index contributed by atoms with van der Waals surface area (Å²) in [6, 6.07) is 2.27. The van der Waals surface area contributed by atoms with Gasteiger partial charge in [0.25, 0.3) is 10.0 Å². The first-order valence-electron chi connectivity index (χ1n) is 4.78. The number of anilines is 1. The van der Waals surface area contributed by atoms with Gasteiger partial charge >= 0.3 is 11.9 Å². The zero-order valence-corrected chi connectivity index (χ0v) is 10.0. The fraction of sp³-hybridized carbons (Fsp3) is 0.333. The Balaban J connectivity index is 3.20. The largest absolute Gasteiger partial charge is 0.416 e. The molecular weight excluding hydrogens is 295 g/mol. The lowest BCUT2D eigenvalue weighted by molar-refractivity contribution is -0.138. The van der Waals surface area contributed by atoms with Gasteiger partial charge in [-0.05, 0) is 17.7 Å². The summed E-state index contributed by atoms with van der Waals surface area (Å²) in [5.41, 5.74) is 3.06. The number of hydrogen-bond acceptors (Lipinski definition) is 3. The average Bonchev–Trinajstić information content (AvgIpc) is 2.27. The van der Waals surface area contributed by atoms with E-state index in [9.17, 15) is 30.4 Å². The first-order valence-corrected chi connectivity index (χ1v) is 6.32. The van der Waals surface area contributed by atoms with Crippen LogP contribution >= 0.6 is 0 Å². The molecule has 0 aliphatic heterocycles. The lowest BCUT2D eigenvalue weighted by Crippen LogP contribution is -2.21. The first-order chi connectivity index (χ1) is 8.58. The van der Waals surface area contributed by atoms with Crippen LogP contribution in [-0.2, 0) is 22.7 Å². The third-order valence-corrected chi connectivity index (χ3v) is 3.12. The highest BCUT2D eigenvalue weighted by Crippen LogP contribution is 2.34. The lowest BCUT2D eigenvalue weighted by atomic mass is 10.1. The molecule has 3 N–H and O–H groups in total. The first kappa shape index (κ1) is 15.6. The van der Waals surface area contributed by atoms with Gasteiger partial charge in [0.05, 0.1) is 5.56 Å². The molecule has 0 amide bonds. The molecule has 0 atom stereocenters. The zero-order valence-electron chi connectivity index (χ0n) is 9.21. The number of nitrogens with two attached hydrogens (primary N) is 1. The van der Waals surface area contributed by atoms with E-state index in [1.807, 2.05) is 0 Å². The number of rotatable bonds is 4. The van der Waals surface area contributed by atoms with Crippen LogP contribution in [-0.4, -0.2) is 14.2 Å². The van der Waals surface area contributed by atoms with E-state index >= 15 is 0 Å². The zero-order chi connectivity index (χ0) is 14.8. The van der Waals surface area contributed by atoms with Gasteiger partial charge in [0.15, 0.2) is 0 Å². The van der Waals surface area contributed by atoms with Crippen molar-refractivity contribution in [1.82, 2.24) is 0 Å². The van der Waals surface area contributed by atoms with Crippen LogP contribution in [0.4, 0.5) is 27.6 Å². The molecule has 1 aromatic carbocycles. The molecule has 0 saturated heterocycles. The monoisotopic (exact) mass is 304 g/mol. The lowest BCUT2D eigenvalue weighted by Gasteiger charge is -2.14. The van der Waals surface area contributed by atoms with Gasteiger partial charge in [0.2, 0.25) is 0 Å². The number of alkyl halides is 5. The van der Waals surface area contributed by atoms with E-state index < -0.39 is 39.8 Å². The minimum absolute atomic E-state index is 0.271. The van der Waals surface area contributed by atoms with Crippen LogP contribution in [0.15, 0.2) is 18.2 Å². The maximum absolute atomic E-state index is 12.6. The Kier molecular flexibility index (Phi) is 4.35. The van der Waals surface area contributed by atoms with Crippen molar-refractivity contribution in [3.05, 3.63) is 29.3 Å². The van der Waals surface area contributed by atoms with Crippen LogP contribution in [0.2, 0.25) is 0 Å². The number of hydrogen-bond donors (Lipinski definition) is 2. The summed E-state index contributed by atoms with van der Waals surface area (Å²) in [6.45, 7) is -0.420. The second-order valence-corrected chi connectivity index (χ2v) is 5.13. The molecule has 0 aliphatic rings. The molecule has 4 nitrogen and oxygen atoms in total. The molecule has 0 radical (unpaired) electrons. The third kappa shape index (κ3) is 3.77. The Labute approximate surface area is 105 Å². The molecule has 19 heavy (non-hydrogen) atoms. The molecule has 0 bridgehead atoms. The normalized spacial score (nSPS) is 12.8. The predicted octanol–water partition coefficient (Wildman–Crippen LogP) is 2.13. The van der Waals surface area contributed by atoms with Crippen molar-refractivity contribution >= 4 is 15.7 Å². The molecular formula is C9H9F5N2O2S.